The first kappa shape index (κ1) is 16.8. The van der Waals surface area contributed by atoms with E-state index in [2.05, 4.69) is 19.9 Å². The lowest BCUT2D eigenvalue weighted by atomic mass is 9.46. The van der Waals surface area contributed by atoms with Crippen molar-refractivity contribution < 1.29 is 15.0 Å². The molecule has 3 saturated carbocycles. The maximum Gasteiger partial charge on any atom is 0.133 e. The van der Waals surface area contributed by atoms with Crippen molar-refractivity contribution in [1.29, 1.82) is 0 Å². The lowest BCUT2D eigenvalue weighted by Gasteiger charge is -2.60. The van der Waals surface area contributed by atoms with Crippen molar-refractivity contribution in [2.75, 3.05) is 0 Å². The van der Waals surface area contributed by atoms with Gasteiger partial charge in [-0.25, -0.2) is 0 Å². The van der Waals surface area contributed by atoms with Crippen molar-refractivity contribution in [3.63, 3.8) is 0 Å². The van der Waals surface area contributed by atoms with E-state index in [0.717, 1.165) is 44.9 Å². The smallest absolute Gasteiger partial charge is 0.133 e. The molecule has 4 rings (SSSR count). The quantitative estimate of drug-likeness (QED) is 0.723. The topological polar surface area (TPSA) is 57.5 Å². The van der Waals surface area contributed by atoms with Crippen molar-refractivity contribution in [3.8, 4) is 0 Å². The Hall–Kier alpha value is -0.670. The summed E-state index contributed by atoms with van der Waals surface area (Å²) in [6, 6.07) is 0. The molecule has 0 radical (unpaired) electrons. The van der Waals surface area contributed by atoms with Crippen LogP contribution < -0.4 is 0 Å². The van der Waals surface area contributed by atoms with Gasteiger partial charge in [0.1, 0.15) is 5.78 Å². The lowest BCUT2D eigenvalue weighted by Crippen LogP contribution is -2.57. The highest BCUT2D eigenvalue weighted by Crippen LogP contribution is 2.66. The average molecular weight is 332 g/mol. The maximum absolute atomic E-state index is 12.2. The normalized spacial score (nSPS) is 53.6. The molecule has 3 heteroatoms. The number of Topliss-reactive ketones (excluding diaryl/α,β-unsaturated/α-hetero) is 1. The number of carbonyl (C=O) groups is 1. The molecular formula is C21H32O3. The molecule has 4 unspecified atom stereocenters. The van der Waals surface area contributed by atoms with E-state index in [1.807, 2.05) is 0 Å². The fourth-order valence-electron chi connectivity index (χ4n) is 7.51. The van der Waals surface area contributed by atoms with Gasteiger partial charge in [0.25, 0.3) is 0 Å². The molecular weight excluding hydrogens is 300 g/mol. The highest BCUT2D eigenvalue weighted by atomic mass is 16.3. The molecule has 4 aliphatic rings. The van der Waals surface area contributed by atoms with E-state index in [9.17, 15) is 15.0 Å². The summed E-state index contributed by atoms with van der Waals surface area (Å²) in [5.41, 5.74) is 1.40. The zero-order chi connectivity index (χ0) is 17.3. The van der Waals surface area contributed by atoms with Gasteiger partial charge < -0.3 is 10.2 Å². The predicted molar refractivity (Wildman–Crippen MR) is 93.3 cm³/mol. The van der Waals surface area contributed by atoms with Crippen molar-refractivity contribution in [2.45, 2.75) is 77.9 Å². The van der Waals surface area contributed by atoms with Crippen LogP contribution in [0.25, 0.3) is 0 Å². The highest BCUT2D eigenvalue weighted by Gasteiger charge is 2.62. The molecule has 3 fully saturated rings. The second kappa shape index (κ2) is 5.41. The number of fused-ring (bicyclic) bond motifs is 5. The summed E-state index contributed by atoms with van der Waals surface area (Å²) in [6.07, 6.45) is 8.34. The number of rotatable bonds is 1. The molecule has 0 heterocycles. The molecule has 4 aliphatic carbocycles. The van der Waals surface area contributed by atoms with Crippen LogP contribution in [0.5, 0.6) is 0 Å². The average Bonchev–Trinajstić information content (AvgIpc) is 2.84. The number of carbonyl (C=O) groups excluding carboxylic acids is 1. The first-order valence-electron chi connectivity index (χ1n) is 9.85. The minimum absolute atomic E-state index is 0.0157. The second-order valence-electron chi connectivity index (χ2n) is 9.57. The predicted octanol–water partition coefficient (Wildman–Crippen LogP) is 3.49. The van der Waals surface area contributed by atoms with Gasteiger partial charge in [0.05, 0.1) is 12.2 Å². The van der Waals surface area contributed by atoms with E-state index in [1.54, 1.807) is 6.92 Å². The van der Waals surface area contributed by atoms with Gasteiger partial charge in [-0.2, -0.15) is 0 Å². The number of allylic oxidation sites excluding steroid dienone is 1. The van der Waals surface area contributed by atoms with Crippen LogP contribution >= 0.6 is 0 Å². The van der Waals surface area contributed by atoms with Crippen molar-refractivity contribution in [2.24, 2.45) is 34.5 Å². The fraction of sp³-hybridized carbons (Fsp3) is 0.857. The zero-order valence-corrected chi connectivity index (χ0v) is 15.3. The zero-order valence-electron chi connectivity index (χ0n) is 15.3. The molecule has 0 bridgehead atoms. The molecule has 24 heavy (non-hydrogen) atoms. The Kier molecular flexibility index (Phi) is 3.78. The van der Waals surface area contributed by atoms with Crippen LogP contribution in [0.1, 0.15) is 65.7 Å². The van der Waals surface area contributed by atoms with E-state index >= 15 is 0 Å². The summed E-state index contributed by atoms with van der Waals surface area (Å²) in [6.45, 7) is 6.33. The highest BCUT2D eigenvalue weighted by molar-refractivity contribution is 5.79. The monoisotopic (exact) mass is 332 g/mol. The van der Waals surface area contributed by atoms with Crippen LogP contribution in [0.3, 0.4) is 0 Å². The molecule has 3 nitrogen and oxygen atoms in total. The number of aliphatic hydroxyl groups excluding tert-OH is 2. The van der Waals surface area contributed by atoms with Gasteiger partial charge >= 0.3 is 0 Å². The number of hydrogen-bond acceptors (Lipinski definition) is 3. The molecule has 0 aromatic carbocycles. The Morgan fingerprint density at radius 2 is 1.92 bits per heavy atom. The van der Waals surface area contributed by atoms with Gasteiger partial charge in [-0.3, -0.25) is 4.79 Å². The third-order valence-corrected chi connectivity index (χ3v) is 8.51. The Labute approximate surface area is 145 Å². The molecule has 0 aliphatic heterocycles. The molecule has 134 valence electrons. The molecule has 0 spiro atoms. The second-order valence-corrected chi connectivity index (χ2v) is 9.57. The standard InChI is InChI=1S/C21H32O3/c1-12(22)16-6-7-17-15-5-4-13-10-14(23)8-9-20(13,2)19(15)18(24)11-21(16,17)3/h10,14-19,23-24H,4-9,11H2,1-3H3/t14?,15?,16-,17?,18-,19?,20+,21-/m1/s1. The minimum Gasteiger partial charge on any atom is -0.393 e. The summed E-state index contributed by atoms with van der Waals surface area (Å²) in [5.74, 6) is 1.85. The minimum atomic E-state index is -0.319. The summed E-state index contributed by atoms with van der Waals surface area (Å²) in [5, 5.41) is 21.2. The van der Waals surface area contributed by atoms with Crippen molar-refractivity contribution in [3.05, 3.63) is 11.6 Å². The fourth-order valence-corrected chi connectivity index (χ4v) is 7.51. The van der Waals surface area contributed by atoms with Gasteiger partial charge in [-0.1, -0.05) is 25.5 Å². The summed E-state index contributed by atoms with van der Waals surface area (Å²) in [4.78, 5) is 12.2. The molecule has 0 aromatic heterocycles. The number of hydrogen-bond donors (Lipinski definition) is 2. The van der Waals surface area contributed by atoms with E-state index in [-0.39, 0.29) is 29.0 Å². The van der Waals surface area contributed by atoms with E-state index in [0.29, 0.717) is 23.5 Å². The van der Waals surface area contributed by atoms with Gasteiger partial charge in [-0.05, 0) is 80.5 Å². The maximum atomic E-state index is 12.2. The molecule has 0 aromatic rings. The SMILES string of the molecule is CC(=O)[C@H]1CCC2C3CCC4=CC(O)CC[C@]4(C)C3[C@H](O)C[C@@]21C. The Balaban J connectivity index is 1.71. The third-order valence-electron chi connectivity index (χ3n) is 8.51. The molecule has 0 amide bonds. The van der Waals surface area contributed by atoms with Gasteiger partial charge in [-0.15, -0.1) is 0 Å². The van der Waals surface area contributed by atoms with Crippen LogP contribution in [-0.4, -0.2) is 28.2 Å². The van der Waals surface area contributed by atoms with Crippen LogP contribution in [0.15, 0.2) is 11.6 Å². The van der Waals surface area contributed by atoms with Gasteiger partial charge in [0, 0.05) is 5.92 Å². The summed E-state index contributed by atoms with van der Waals surface area (Å²) < 4.78 is 0. The summed E-state index contributed by atoms with van der Waals surface area (Å²) >= 11 is 0. The van der Waals surface area contributed by atoms with Crippen molar-refractivity contribution in [1.82, 2.24) is 0 Å². The Morgan fingerprint density at radius 3 is 2.62 bits per heavy atom. The third kappa shape index (κ3) is 2.13. The van der Waals surface area contributed by atoms with Crippen LogP contribution in [0.4, 0.5) is 0 Å². The number of aliphatic hydroxyl groups is 2. The first-order valence-corrected chi connectivity index (χ1v) is 9.85. The first-order chi connectivity index (χ1) is 11.3. The van der Waals surface area contributed by atoms with Gasteiger partial charge in [0.2, 0.25) is 0 Å². The summed E-state index contributed by atoms with van der Waals surface area (Å²) in [7, 11) is 0. The molecule has 2 N–H and O–H groups in total. The molecule has 8 atom stereocenters. The van der Waals surface area contributed by atoms with E-state index in [4.69, 9.17) is 0 Å². The molecule has 0 saturated heterocycles. The van der Waals surface area contributed by atoms with E-state index < -0.39 is 0 Å². The lowest BCUT2D eigenvalue weighted by molar-refractivity contribution is -0.142. The Bertz CT molecular complexity index is 582. The van der Waals surface area contributed by atoms with Crippen molar-refractivity contribution >= 4 is 5.78 Å². The van der Waals surface area contributed by atoms with Gasteiger partial charge in [0.15, 0.2) is 0 Å². The largest absolute Gasteiger partial charge is 0.393 e. The van der Waals surface area contributed by atoms with Crippen LogP contribution in [-0.2, 0) is 4.79 Å². The van der Waals surface area contributed by atoms with Crippen LogP contribution in [0.2, 0.25) is 0 Å². The van der Waals surface area contributed by atoms with E-state index in [1.165, 1.54) is 5.57 Å². The van der Waals surface area contributed by atoms with Crippen LogP contribution in [0, 0.1) is 34.5 Å². The Morgan fingerprint density at radius 1 is 1.17 bits per heavy atom. The number of ketones is 1.